The standard InChI is InChI=1S/C13H13N3O/c1-16-8-15-12-9-4-2-3-5-11(9)14-7-6-10(12)13(16)17/h2-5,8,14H,6-7H2,1H3. The summed E-state index contributed by atoms with van der Waals surface area (Å²) in [5.74, 6) is 0. The van der Waals surface area contributed by atoms with E-state index in [1.165, 1.54) is 4.57 Å². The Balaban J connectivity index is 2.34. The second-order valence-electron chi connectivity index (χ2n) is 4.21. The summed E-state index contributed by atoms with van der Waals surface area (Å²) in [5.41, 5.74) is 3.72. The van der Waals surface area contributed by atoms with Crippen LogP contribution in [0.1, 0.15) is 5.56 Å². The third kappa shape index (κ3) is 1.53. The molecule has 0 radical (unpaired) electrons. The number of nitrogens with one attached hydrogen (secondary N) is 1. The van der Waals surface area contributed by atoms with Crippen LogP contribution in [0, 0.1) is 0 Å². The highest BCUT2D eigenvalue weighted by Crippen LogP contribution is 2.29. The quantitative estimate of drug-likeness (QED) is 0.740. The summed E-state index contributed by atoms with van der Waals surface area (Å²) in [6, 6.07) is 7.97. The van der Waals surface area contributed by atoms with Crippen LogP contribution < -0.4 is 10.9 Å². The molecule has 86 valence electrons. The monoisotopic (exact) mass is 227 g/mol. The molecule has 1 aliphatic heterocycles. The van der Waals surface area contributed by atoms with Crippen molar-refractivity contribution in [1.29, 1.82) is 0 Å². The number of benzene rings is 1. The van der Waals surface area contributed by atoms with Gasteiger partial charge in [-0.2, -0.15) is 0 Å². The predicted molar refractivity (Wildman–Crippen MR) is 67.1 cm³/mol. The van der Waals surface area contributed by atoms with Gasteiger partial charge in [-0.15, -0.1) is 0 Å². The van der Waals surface area contributed by atoms with Gasteiger partial charge in [0.2, 0.25) is 0 Å². The van der Waals surface area contributed by atoms with Gasteiger partial charge in [0.15, 0.2) is 0 Å². The second kappa shape index (κ2) is 3.73. The summed E-state index contributed by atoms with van der Waals surface area (Å²) in [4.78, 5) is 16.5. The van der Waals surface area contributed by atoms with Crippen molar-refractivity contribution in [2.75, 3.05) is 11.9 Å². The number of aryl methyl sites for hydroxylation is 1. The molecule has 0 spiro atoms. The molecule has 0 bridgehead atoms. The lowest BCUT2D eigenvalue weighted by molar-refractivity contribution is 0.799. The Morgan fingerprint density at radius 1 is 1.35 bits per heavy atom. The Morgan fingerprint density at radius 2 is 2.18 bits per heavy atom. The highest BCUT2D eigenvalue weighted by Gasteiger charge is 2.17. The van der Waals surface area contributed by atoms with Crippen LogP contribution in [0.25, 0.3) is 11.3 Å². The van der Waals surface area contributed by atoms with Gasteiger partial charge in [-0.05, 0) is 12.5 Å². The van der Waals surface area contributed by atoms with Crippen molar-refractivity contribution in [2.24, 2.45) is 7.05 Å². The first-order valence-electron chi connectivity index (χ1n) is 5.65. The minimum atomic E-state index is 0.0495. The number of anilines is 1. The summed E-state index contributed by atoms with van der Waals surface area (Å²) < 4.78 is 1.53. The predicted octanol–water partition coefficient (Wildman–Crippen LogP) is 1.42. The fraction of sp³-hybridized carbons (Fsp3) is 0.231. The average molecular weight is 227 g/mol. The Hall–Kier alpha value is -2.10. The van der Waals surface area contributed by atoms with E-state index in [4.69, 9.17) is 0 Å². The first-order chi connectivity index (χ1) is 8.27. The van der Waals surface area contributed by atoms with E-state index < -0.39 is 0 Å². The first-order valence-corrected chi connectivity index (χ1v) is 5.65. The summed E-state index contributed by atoms with van der Waals surface area (Å²) in [7, 11) is 1.74. The summed E-state index contributed by atoms with van der Waals surface area (Å²) in [6.07, 6.45) is 2.30. The molecular formula is C13H13N3O. The van der Waals surface area contributed by atoms with Crippen LogP contribution >= 0.6 is 0 Å². The van der Waals surface area contributed by atoms with Gasteiger partial charge < -0.3 is 9.88 Å². The number of fused-ring (bicyclic) bond motifs is 3. The maximum atomic E-state index is 12.1. The Labute approximate surface area is 98.9 Å². The molecular weight excluding hydrogens is 214 g/mol. The van der Waals surface area contributed by atoms with Crippen molar-refractivity contribution < 1.29 is 0 Å². The molecule has 1 aliphatic rings. The number of nitrogens with zero attached hydrogens (tertiary/aromatic N) is 2. The van der Waals surface area contributed by atoms with Gasteiger partial charge in [0.05, 0.1) is 12.0 Å². The van der Waals surface area contributed by atoms with Gasteiger partial charge in [-0.3, -0.25) is 4.79 Å². The molecule has 0 fully saturated rings. The molecule has 0 atom stereocenters. The summed E-state index contributed by atoms with van der Waals surface area (Å²) in [6.45, 7) is 0.769. The zero-order valence-corrected chi connectivity index (χ0v) is 9.60. The van der Waals surface area contributed by atoms with Gasteiger partial charge in [-0.25, -0.2) is 4.98 Å². The number of hydrogen-bond acceptors (Lipinski definition) is 3. The highest BCUT2D eigenvalue weighted by atomic mass is 16.1. The Morgan fingerprint density at radius 3 is 3.06 bits per heavy atom. The number of hydrogen-bond donors (Lipinski definition) is 1. The van der Waals surface area contributed by atoms with Gasteiger partial charge in [0.1, 0.15) is 0 Å². The lowest BCUT2D eigenvalue weighted by Crippen LogP contribution is -2.23. The molecule has 0 unspecified atom stereocenters. The van der Waals surface area contributed by atoms with Crippen LogP contribution in [0.4, 0.5) is 5.69 Å². The smallest absolute Gasteiger partial charge is 0.256 e. The van der Waals surface area contributed by atoms with Crippen LogP contribution in [-0.2, 0) is 13.5 Å². The number of rotatable bonds is 0. The lowest BCUT2D eigenvalue weighted by atomic mass is 10.1. The van der Waals surface area contributed by atoms with E-state index in [0.29, 0.717) is 6.42 Å². The number of aromatic nitrogens is 2. The normalized spacial score (nSPS) is 13.2. The third-order valence-corrected chi connectivity index (χ3v) is 3.10. The van der Waals surface area contributed by atoms with Gasteiger partial charge in [0.25, 0.3) is 5.56 Å². The molecule has 0 aliphatic carbocycles. The first kappa shape index (κ1) is 10.1. The molecule has 4 heteroatoms. The molecule has 2 heterocycles. The third-order valence-electron chi connectivity index (χ3n) is 3.10. The SMILES string of the molecule is Cn1cnc2c(c1=O)CCNc1ccccc1-2. The topological polar surface area (TPSA) is 46.9 Å². The molecule has 1 N–H and O–H groups in total. The molecule has 0 saturated carbocycles. The molecule has 0 amide bonds. The molecule has 2 aromatic rings. The van der Waals surface area contributed by atoms with E-state index in [-0.39, 0.29) is 5.56 Å². The van der Waals surface area contributed by atoms with E-state index in [1.54, 1.807) is 13.4 Å². The fourth-order valence-corrected chi connectivity index (χ4v) is 2.21. The molecule has 1 aromatic heterocycles. The average Bonchev–Trinajstić information content (AvgIpc) is 2.54. The molecule has 3 rings (SSSR count). The highest BCUT2D eigenvalue weighted by molar-refractivity contribution is 5.78. The molecule has 0 saturated heterocycles. The summed E-state index contributed by atoms with van der Waals surface area (Å²) >= 11 is 0. The van der Waals surface area contributed by atoms with Crippen LogP contribution in [0.5, 0.6) is 0 Å². The minimum Gasteiger partial charge on any atom is -0.384 e. The van der Waals surface area contributed by atoms with Crippen LogP contribution in [0.15, 0.2) is 35.4 Å². The maximum absolute atomic E-state index is 12.1. The van der Waals surface area contributed by atoms with E-state index >= 15 is 0 Å². The van der Waals surface area contributed by atoms with Gasteiger partial charge in [0, 0.05) is 30.4 Å². The number of para-hydroxylation sites is 1. The molecule has 1 aromatic carbocycles. The zero-order valence-electron chi connectivity index (χ0n) is 9.60. The second-order valence-corrected chi connectivity index (χ2v) is 4.21. The van der Waals surface area contributed by atoms with Crippen molar-refractivity contribution >= 4 is 5.69 Å². The van der Waals surface area contributed by atoms with E-state index in [9.17, 15) is 4.79 Å². The Bertz CT molecular complexity index is 631. The Kier molecular flexibility index (Phi) is 2.21. The molecule has 4 nitrogen and oxygen atoms in total. The zero-order chi connectivity index (χ0) is 11.8. The van der Waals surface area contributed by atoms with Crippen LogP contribution in [0.2, 0.25) is 0 Å². The van der Waals surface area contributed by atoms with E-state index in [1.807, 2.05) is 24.3 Å². The van der Waals surface area contributed by atoms with Crippen molar-refractivity contribution in [3.63, 3.8) is 0 Å². The van der Waals surface area contributed by atoms with Gasteiger partial charge >= 0.3 is 0 Å². The van der Waals surface area contributed by atoms with E-state index in [2.05, 4.69) is 10.3 Å². The van der Waals surface area contributed by atoms with Crippen molar-refractivity contribution in [2.45, 2.75) is 6.42 Å². The lowest BCUT2D eigenvalue weighted by Gasteiger charge is -2.08. The summed E-state index contributed by atoms with van der Waals surface area (Å²) in [5, 5.41) is 3.33. The maximum Gasteiger partial charge on any atom is 0.256 e. The molecule has 17 heavy (non-hydrogen) atoms. The van der Waals surface area contributed by atoms with Crippen LogP contribution in [-0.4, -0.2) is 16.1 Å². The van der Waals surface area contributed by atoms with Crippen LogP contribution in [0.3, 0.4) is 0 Å². The van der Waals surface area contributed by atoms with Crippen molar-refractivity contribution in [3.8, 4) is 11.3 Å². The van der Waals surface area contributed by atoms with Crippen molar-refractivity contribution in [3.05, 3.63) is 46.5 Å². The van der Waals surface area contributed by atoms with Gasteiger partial charge in [-0.1, -0.05) is 18.2 Å². The fourth-order valence-electron chi connectivity index (χ4n) is 2.21. The minimum absolute atomic E-state index is 0.0495. The largest absolute Gasteiger partial charge is 0.384 e. The van der Waals surface area contributed by atoms with Crippen molar-refractivity contribution in [1.82, 2.24) is 9.55 Å². The van der Waals surface area contributed by atoms with E-state index in [0.717, 1.165) is 29.1 Å².